The fourth-order valence-electron chi connectivity index (χ4n) is 0.951. The minimum Gasteiger partial charge on any atom is -0.369 e. The van der Waals surface area contributed by atoms with Crippen molar-refractivity contribution in [1.29, 1.82) is 0 Å². The molecule has 1 rings (SSSR count). The summed E-state index contributed by atoms with van der Waals surface area (Å²) in [7, 11) is 0. The van der Waals surface area contributed by atoms with Crippen LogP contribution >= 0.6 is 11.6 Å². The van der Waals surface area contributed by atoms with E-state index < -0.39 is 11.7 Å². The van der Waals surface area contributed by atoms with Gasteiger partial charge in [0.2, 0.25) is 0 Å². The standard InChI is InChI=1S/C8H9ClF3N3/c9-6-3-5(8(10,11)12)4-7(15-6)14-2-1-13/h3-4H,1-2,13H2,(H,14,15). The molecule has 0 aliphatic rings. The van der Waals surface area contributed by atoms with Crippen LogP contribution in [0, 0.1) is 0 Å². The quantitative estimate of drug-likeness (QED) is 0.795. The third kappa shape index (κ3) is 3.56. The van der Waals surface area contributed by atoms with E-state index in [0.717, 1.165) is 12.1 Å². The summed E-state index contributed by atoms with van der Waals surface area (Å²) < 4.78 is 37.0. The molecular weight excluding hydrogens is 231 g/mol. The Labute approximate surface area is 89.4 Å². The number of pyridine rings is 1. The molecule has 0 radical (unpaired) electrons. The number of alkyl halides is 3. The summed E-state index contributed by atoms with van der Waals surface area (Å²) in [6.07, 6.45) is -4.42. The number of aromatic nitrogens is 1. The zero-order valence-corrected chi connectivity index (χ0v) is 8.36. The first-order valence-corrected chi connectivity index (χ1v) is 4.50. The van der Waals surface area contributed by atoms with Gasteiger partial charge in [-0.1, -0.05) is 11.6 Å². The minimum absolute atomic E-state index is 0.0697. The average Bonchev–Trinajstić information content (AvgIpc) is 2.12. The maximum absolute atomic E-state index is 12.3. The van der Waals surface area contributed by atoms with Gasteiger partial charge >= 0.3 is 6.18 Å². The summed E-state index contributed by atoms with van der Waals surface area (Å²) in [5.74, 6) is 0.0697. The number of rotatable bonds is 3. The van der Waals surface area contributed by atoms with Gasteiger partial charge in [0.1, 0.15) is 11.0 Å². The lowest BCUT2D eigenvalue weighted by Gasteiger charge is -2.10. The van der Waals surface area contributed by atoms with Crippen LogP contribution in [0.1, 0.15) is 5.56 Å². The molecule has 0 aliphatic heterocycles. The van der Waals surface area contributed by atoms with Gasteiger partial charge < -0.3 is 11.1 Å². The molecular formula is C8H9ClF3N3. The summed E-state index contributed by atoms with van der Waals surface area (Å²) in [5, 5.41) is 2.42. The smallest absolute Gasteiger partial charge is 0.369 e. The molecule has 0 atom stereocenters. The largest absolute Gasteiger partial charge is 0.416 e. The molecule has 0 fully saturated rings. The summed E-state index contributed by atoms with van der Waals surface area (Å²) in [6.45, 7) is 0.639. The van der Waals surface area contributed by atoms with Crippen LogP contribution in [-0.2, 0) is 6.18 Å². The minimum atomic E-state index is -4.42. The fraction of sp³-hybridized carbons (Fsp3) is 0.375. The molecule has 7 heteroatoms. The summed E-state index contributed by atoms with van der Waals surface area (Å²) >= 11 is 5.45. The second-order valence-electron chi connectivity index (χ2n) is 2.78. The van der Waals surface area contributed by atoms with E-state index in [4.69, 9.17) is 17.3 Å². The van der Waals surface area contributed by atoms with Gasteiger partial charge in [-0.3, -0.25) is 0 Å². The van der Waals surface area contributed by atoms with Gasteiger partial charge in [0.25, 0.3) is 0 Å². The van der Waals surface area contributed by atoms with Crippen LogP contribution in [0.4, 0.5) is 19.0 Å². The molecule has 0 spiro atoms. The van der Waals surface area contributed by atoms with Crippen LogP contribution < -0.4 is 11.1 Å². The van der Waals surface area contributed by atoms with Crippen molar-refractivity contribution in [3.8, 4) is 0 Å². The Hall–Kier alpha value is -1.01. The summed E-state index contributed by atoms with van der Waals surface area (Å²) in [6, 6.07) is 1.66. The lowest BCUT2D eigenvalue weighted by atomic mass is 10.2. The molecule has 0 saturated carbocycles. The van der Waals surface area contributed by atoms with Crippen molar-refractivity contribution < 1.29 is 13.2 Å². The van der Waals surface area contributed by atoms with E-state index in [1.807, 2.05) is 0 Å². The second-order valence-corrected chi connectivity index (χ2v) is 3.16. The SMILES string of the molecule is NCCNc1cc(C(F)(F)F)cc(Cl)n1. The van der Waals surface area contributed by atoms with Gasteiger partial charge in [-0.2, -0.15) is 13.2 Å². The van der Waals surface area contributed by atoms with Gasteiger partial charge in [0.15, 0.2) is 0 Å². The van der Waals surface area contributed by atoms with E-state index in [1.165, 1.54) is 0 Å². The predicted octanol–water partition coefficient (Wildman–Crippen LogP) is 2.12. The molecule has 0 saturated heterocycles. The fourth-order valence-corrected chi connectivity index (χ4v) is 1.16. The van der Waals surface area contributed by atoms with Crippen molar-refractivity contribution in [2.24, 2.45) is 5.73 Å². The normalized spacial score (nSPS) is 11.5. The lowest BCUT2D eigenvalue weighted by molar-refractivity contribution is -0.137. The highest BCUT2D eigenvalue weighted by Crippen LogP contribution is 2.31. The molecule has 84 valence electrons. The van der Waals surface area contributed by atoms with Crippen LogP contribution in [0.25, 0.3) is 0 Å². The zero-order valence-electron chi connectivity index (χ0n) is 7.61. The molecule has 15 heavy (non-hydrogen) atoms. The highest BCUT2D eigenvalue weighted by atomic mass is 35.5. The molecule has 0 aromatic carbocycles. The average molecular weight is 240 g/mol. The molecule has 0 bridgehead atoms. The Balaban J connectivity index is 2.95. The molecule has 3 N–H and O–H groups in total. The number of nitrogens with two attached hydrogens (primary N) is 1. The van der Waals surface area contributed by atoms with E-state index in [2.05, 4.69) is 10.3 Å². The van der Waals surface area contributed by atoms with Gasteiger partial charge in [-0.15, -0.1) is 0 Å². The predicted molar refractivity (Wildman–Crippen MR) is 51.8 cm³/mol. The third-order valence-electron chi connectivity index (χ3n) is 1.57. The third-order valence-corrected chi connectivity index (χ3v) is 1.77. The highest BCUT2D eigenvalue weighted by molar-refractivity contribution is 6.29. The zero-order chi connectivity index (χ0) is 11.5. The van der Waals surface area contributed by atoms with Crippen molar-refractivity contribution in [1.82, 2.24) is 4.98 Å². The number of hydrogen-bond donors (Lipinski definition) is 2. The molecule has 1 aromatic heterocycles. The molecule has 3 nitrogen and oxygen atoms in total. The molecule has 1 heterocycles. The first kappa shape index (κ1) is 12.1. The number of nitrogens with one attached hydrogen (secondary N) is 1. The van der Waals surface area contributed by atoms with Crippen LogP contribution in [0.2, 0.25) is 5.15 Å². The highest BCUT2D eigenvalue weighted by Gasteiger charge is 2.31. The van der Waals surface area contributed by atoms with E-state index in [9.17, 15) is 13.2 Å². The van der Waals surface area contributed by atoms with E-state index >= 15 is 0 Å². The second kappa shape index (κ2) is 4.67. The summed E-state index contributed by atoms with van der Waals surface area (Å²) in [5.41, 5.74) is 4.36. The van der Waals surface area contributed by atoms with Crippen molar-refractivity contribution in [3.63, 3.8) is 0 Å². The topological polar surface area (TPSA) is 50.9 Å². The van der Waals surface area contributed by atoms with Crippen molar-refractivity contribution >= 4 is 17.4 Å². The van der Waals surface area contributed by atoms with Crippen LogP contribution in [0.3, 0.4) is 0 Å². The Morgan fingerprint density at radius 3 is 2.60 bits per heavy atom. The van der Waals surface area contributed by atoms with Gasteiger partial charge in [0, 0.05) is 13.1 Å². The van der Waals surface area contributed by atoms with E-state index in [-0.39, 0.29) is 11.0 Å². The first-order chi connectivity index (χ1) is 6.93. The molecule has 0 aliphatic carbocycles. The van der Waals surface area contributed by atoms with Crippen molar-refractivity contribution in [3.05, 3.63) is 22.8 Å². The van der Waals surface area contributed by atoms with Crippen molar-refractivity contribution in [2.45, 2.75) is 6.18 Å². The number of halogens is 4. The Bertz CT molecular complexity index is 340. The molecule has 0 unspecified atom stereocenters. The van der Waals surface area contributed by atoms with Crippen LogP contribution in [0.15, 0.2) is 12.1 Å². The Morgan fingerprint density at radius 1 is 1.40 bits per heavy atom. The van der Waals surface area contributed by atoms with Gasteiger partial charge in [-0.05, 0) is 12.1 Å². The first-order valence-electron chi connectivity index (χ1n) is 4.12. The molecule has 0 amide bonds. The van der Waals surface area contributed by atoms with Crippen molar-refractivity contribution in [2.75, 3.05) is 18.4 Å². The maximum atomic E-state index is 12.3. The lowest BCUT2D eigenvalue weighted by Crippen LogP contribution is -2.15. The van der Waals surface area contributed by atoms with Gasteiger partial charge in [0.05, 0.1) is 5.56 Å². The van der Waals surface area contributed by atoms with E-state index in [1.54, 1.807) is 0 Å². The monoisotopic (exact) mass is 239 g/mol. The number of hydrogen-bond acceptors (Lipinski definition) is 3. The molecule has 1 aromatic rings. The van der Waals surface area contributed by atoms with Crippen LogP contribution in [-0.4, -0.2) is 18.1 Å². The number of nitrogens with zero attached hydrogens (tertiary/aromatic N) is 1. The van der Waals surface area contributed by atoms with Gasteiger partial charge in [-0.25, -0.2) is 4.98 Å². The van der Waals surface area contributed by atoms with Crippen LogP contribution in [0.5, 0.6) is 0 Å². The van der Waals surface area contributed by atoms with E-state index in [0.29, 0.717) is 13.1 Å². The number of anilines is 1. The Kier molecular flexibility index (Phi) is 3.76. The Morgan fingerprint density at radius 2 is 2.07 bits per heavy atom. The maximum Gasteiger partial charge on any atom is 0.416 e. The summed E-state index contributed by atoms with van der Waals surface area (Å²) in [4.78, 5) is 3.68.